The molecule has 2 atom stereocenters. The summed E-state index contributed by atoms with van der Waals surface area (Å²) >= 11 is 0. The first-order valence-corrected chi connectivity index (χ1v) is 7.43. The van der Waals surface area contributed by atoms with Crippen molar-refractivity contribution in [1.29, 1.82) is 0 Å². The van der Waals surface area contributed by atoms with Crippen molar-refractivity contribution in [2.45, 2.75) is 60.0 Å². The Hall–Kier alpha value is -0.940. The van der Waals surface area contributed by atoms with Crippen LogP contribution in [-0.4, -0.2) is 23.3 Å². The fourth-order valence-corrected chi connectivity index (χ4v) is 2.28. The first-order chi connectivity index (χ1) is 9.28. The Morgan fingerprint density at radius 2 is 1.95 bits per heavy atom. The fourth-order valence-electron chi connectivity index (χ4n) is 2.28. The highest BCUT2D eigenvalue weighted by molar-refractivity contribution is 4.99. The molecule has 20 heavy (non-hydrogen) atoms. The molecule has 1 aromatic heterocycles. The van der Waals surface area contributed by atoms with Crippen molar-refractivity contribution >= 4 is 0 Å². The zero-order valence-corrected chi connectivity index (χ0v) is 13.6. The topological polar surface area (TPSA) is 74.2 Å². The predicted molar refractivity (Wildman–Crippen MR) is 79.4 cm³/mol. The van der Waals surface area contributed by atoms with Crippen molar-refractivity contribution < 1.29 is 9.26 Å². The van der Waals surface area contributed by atoms with Crippen molar-refractivity contribution in [3.63, 3.8) is 0 Å². The number of aromatic nitrogens is 2. The smallest absolute Gasteiger partial charge is 0.231 e. The molecule has 5 nitrogen and oxygen atoms in total. The average molecular weight is 283 g/mol. The third-order valence-electron chi connectivity index (χ3n) is 3.16. The summed E-state index contributed by atoms with van der Waals surface area (Å²) in [6.45, 7) is 13.9. The molecule has 0 aromatic carbocycles. The Labute approximate surface area is 122 Å². The van der Waals surface area contributed by atoms with Gasteiger partial charge < -0.3 is 15.0 Å². The van der Waals surface area contributed by atoms with Crippen LogP contribution in [0.5, 0.6) is 0 Å². The van der Waals surface area contributed by atoms with E-state index >= 15 is 0 Å². The van der Waals surface area contributed by atoms with Crippen molar-refractivity contribution in [1.82, 2.24) is 10.1 Å². The fraction of sp³-hybridized carbons (Fsp3) is 0.867. The lowest BCUT2D eigenvalue weighted by atomic mass is 9.84. The van der Waals surface area contributed by atoms with Crippen molar-refractivity contribution in [3.8, 4) is 0 Å². The third-order valence-corrected chi connectivity index (χ3v) is 3.16. The van der Waals surface area contributed by atoms with Gasteiger partial charge in [-0.15, -0.1) is 0 Å². The molecule has 116 valence electrons. The van der Waals surface area contributed by atoms with Crippen LogP contribution in [-0.2, 0) is 4.74 Å². The molecule has 1 heterocycles. The van der Waals surface area contributed by atoms with Gasteiger partial charge in [0.25, 0.3) is 0 Å². The second-order valence-corrected chi connectivity index (χ2v) is 6.81. The maximum atomic E-state index is 5.86. The number of hydrogen-bond donors (Lipinski definition) is 1. The number of nitrogens with two attached hydrogens (primary N) is 1. The van der Waals surface area contributed by atoms with Gasteiger partial charge in [0.1, 0.15) is 6.10 Å². The van der Waals surface area contributed by atoms with Gasteiger partial charge in [0.05, 0.1) is 5.92 Å². The summed E-state index contributed by atoms with van der Waals surface area (Å²) in [6.07, 6.45) is 0.803. The Balaban J connectivity index is 2.88. The molecule has 5 heteroatoms. The minimum atomic E-state index is -0.120. The Morgan fingerprint density at radius 3 is 2.40 bits per heavy atom. The quantitative estimate of drug-likeness (QED) is 0.831. The minimum Gasteiger partial charge on any atom is -0.370 e. The Kier molecular flexibility index (Phi) is 6.14. The van der Waals surface area contributed by atoms with Crippen LogP contribution in [0.1, 0.15) is 71.7 Å². The first-order valence-electron chi connectivity index (χ1n) is 7.43. The van der Waals surface area contributed by atoms with Crippen molar-refractivity contribution in [2.24, 2.45) is 17.1 Å². The summed E-state index contributed by atoms with van der Waals surface area (Å²) in [7, 11) is 0. The summed E-state index contributed by atoms with van der Waals surface area (Å²) in [6, 6.07) is 0. The normalized spacial score (nSPS) is 15.6. The molecule has 2 N–H and O–H groups in total. The lowest BCUT2D eigenvalue weighted by Gasteiger charge is -2.22. The molecule has 1 rings (SSSR count). The number of nitrogens with zero attached hydrogens (tertiary/aromatic N) is 2. The van der Waals surface area contributed by atoms with Crippen LogP contribution in [0.15, 0.2) is 4.52 Å². The number of hydrogen-bond acceptors (Lipinski definition) is 5. The van der Waals surface area contributed by atoms with Gasteiger partial charge in [-0.25, -0.2) is 0 Å². The van der Waals surface area contributed by atoms with Crippen LogP contribution in [0.4, 0.5) is 0 Å². The second-order valence-electron chi connectivity index (χ2n) is 6.81. The van der Waals surface area contributed by atoms with Gasteiger partial charge in [-0.1, -0.05) is 39.8 Å². The van der Waals surface area contributed by atoms with E-state index in [4.69, 9.17) is 15.0 Å². The monoisotopic (exact) mass is 283 g/mol. The van der Waals surface area contributed by atoms with Crippen LogP contribution < -0.4 is 5.73 Å². The van der Waals surface area contributed by atoms with Gasteiger partial charge in [0, 0.05) is 13.2 Å². The van der Waals surface area contributed by atoms with Gasteiger partial charge in [-0.3, -0.25) is 0 Å². The van der Waals surface area contributed by atoms with E-state index in [1.165, 1.54) is 0 Å². The first kappa shape index (κ1) is 17.1. The molecule has 1 aromatic rings. The van der Waals surface area contributed by atoms with E-state index in [9.17, 15) is 0 Å². The molecule has 0 aliphatic carbocycles. The zero-order valence-electron chi connectivity index (χ0n) is 13.6. The van der Waals surface area contributed by atoms with E-state index in [0.717, 1.165) is 6.42 Å². The van der Waals surface area contributed by atoms with Gasteiger partial charge in [0.2, 0.25) is 11.7 Å². The average Bonchev–Trinajstić information content (AvgIpc) is 2.80. The highest BCUT2D eigenvalue weighted by Gasteiger charge is 2.27. The number of ether oxygens (including phenoxy) is 1. The van der Waals surface area contributed by atoms with Crippen LogP contribution in [0.3, 0.4) is 0 Å². The zero-order chi connectivity index (χ0) is 15.3. The molecule has 0 aliphatic rings. The van der Waals surface area contributed by atoms with Crippen LogP contribution in [0, 0.1) is 11.3 Å². The molecular weight excluding hydrogens is 254 g/mol. The maximum Gasteiger partial charge on any atom is 0.231 e. The lowest BCUT2D eigenvalue weighted by Crippen LogP contribution is -2.20. The van der Waals surface area contributed by atoms with Crippen LogP contribution in [0.2, 0.25) is 0 Å². The summed E-state index contributed by atoms with van der Waals surface area (Å²) in [5.41, 5.74) is 6.03. The van der Waals surface area contributed by atoms with Crippen LogP contribution in [0.25, 0.3) is 0 Å². The second kappa shape index (κ2) is 7.18. The summed E-state index contributed by atoms with van der Waals surface area (Å²) < 4.78 is 11.1. The number of rotatable bonds is 7. The molecule has 2 unspecified atom stereocenters. The van der Waals surface area contributed by atoms with Gasteiger partial charge in [-0.2, -0.15) is 4.98 Å². The van der Waals surface area contributed by atoms with Gasteiger partial charge in [0.15, 0.2) is 0 Å². The molecule has 0 saturated carbocycles. The van der Waals surface area contributed by atoms with E-state index in [1.807, 2.05) is 6.92 Å². The molecule has 0 saturated heterocycles. The van der Waals surface area contributed by atoms with Gasteiger partial charge in [-0.05, 0) is 24.7 Å². The highest BCUT2D eigenvalue weighted by atomic mass is 16.5. The molecule has 0 spiro atoms. The van der Waals surface area contributed by atoms with Crippen molar-refractivity contribution in [2.75, 3.05) is 13.2 Å². The summed E-state index contributed by atoms with van der Waals surface area (Å²) in [5.74, 6) is 1.66. The molecule has 0 amide bonds. The Morgan fingerprint density at radius 1 is 1.30 bits per heavy atom. The largest absolute Gasteiger partial charge is 0.370 e. The predicted octanol–water partition coefficient (Wildman–Crippen LogP) is 3.28. The molecule has 0 radical (unpaired) electrons. The third kappa shape index (κ3) is 4.87. The van der Waals surface area contributed by atoms with Crippen LogP contribution >= 0.6 is 0 Å². The SMILES string of the molecule is CCOC(c1noc(C(CN)CC(C)(C)C)n1)C(C)C. The highest BCUT2D eigenvalue weighted by Crippen LogP contribution is 2.31. The molecule has 0 fully saturated rings. The van der Waals surface area contributed by atoms with E-state index in [-0.39, 0.29) is 17.4 Å². The molecular formula is C15H29N3O2. The summed E-state index contributed by atoms with van der Waals surface area (Å²) in [4.78, 5) is 4.52. The molecule has 0 bridgehead atoms. The molecule has 0 aliphatic heterocycles. The van der Waals surface area contributed by atoms with E-state index in [2.05, 4.69) is 44.8 Å². The maximum absolute atomic E-state index is 5.86. The Bertz CT molecular complexity index is 396. The standard InChI is InChI=1S/C15H29N3O2/c1-7-19-12(10(2)3)13-17-14(20-18-13)11(9-16)8-15(4,5)6/h10-12H,7-9,16H2,1-6H3. The minimum absolute atomic E-state index is 0.102. The summed E-state index contributed by atoms with van der Waals surface area (Å²) in [5, 5.41) is 4.09. The lowest BCUT2D eigenvalue weighted by molar-refractivity contribution is 0.0217. The van der Waals surface area contributed by atoms with Crippen molar-refractivity contribution in [3.05, 3.63) is 11.7 Å². The van der Waals surface area contributed by atoms with E-state index in [1.54, 1.807) is 0 Å². The van der Waals surface area contributed by atoms with E-state index in [0.29, 0.717) is 30.8 Å². The van der Waals surface area contributed by atoms with Gasteiger partial charge >= 0.3 is 0 Å². The van der Waals surface area contributed by atoms with E-state index < -0.39 is 0 Å².